The van der Waals surface area contributed by atoms with Gasteiger partial charge in [-0.1, -0.05) is 39.0 Å². The van der Waals surface area contributed by atoms with Crippen LogP contribution in [-0.2, 0) is 4.74 Å². The van der Waals surface area contributed by atoms with Gasteiger partial charge in [-0.15, -0.1) is 0 Å². The van der Waals surface area contributed by atoms with Crippen molar-refractivity contribution in [3.05, 3.63) is 23.3 Å². The summed E-state index contributed by atoms with van der Waals surface area (Å²) in [5.41, 5.74) is 1.52. The zero-order valence-electron chi connectivity index (χ0n) is 25.0. The second kappa shape index (κ2) is 14.2. The van der Waals surface area contributed by atoms with Crippen molar-refractivity contribution in [1.29, 1.82) is 0 Å². The summed E-state index contributed by atoms with van der Waals surface area (Å²) in [4.78, 5) is 41.0. The van der Waals surface area contributed by atoms with Gasteiger partial charge >= 0.3 is 210 Å². The number of benzene rings is 1. The predicted molar refractivity (Wildman–Crippen MR) is 175 cm³/mol. The van der Waals surface area contributed by atoms with E-state index >= 15 is 0 Å². The van der Waals surface area contributed by atoms with Gasteiger partial charge in [0.1, 0.15) is 0 Å². The number of fused-ring (bicyclic) bond motifs is 2. The molecule has 0 saturated heterocycles. The number of thiophene rings is 2. The molecular weight excluding hydrogens is 722 g/mol. The molecule has 3 rings (SSSR count). The van der Waals surface area contributed by atoms with Crippen molar-refractivity contribution in [2.24, 2.45) is 0 Å². The first-order valence-electron chi connectivity index (χ1n) is 14.6. The number of carbonyl (C=O) groups is 2. The van der Waals surface area contributed by atoms with Crippen LogP contribution in [0.15, 0.2) is 12.1 Å². The van der Waals surface area contributed by atoms with Gasteiger partial charge in [0.05, 0.1) is 0 Å². The molecule has 0 aliphatic rings. The molecule has 0 bridgehead atoms. The second-order valence-corrected chi connectivity index (χ2v) is 45.8. The van der Waals surface area contributed by atoms with Crippen molar-refractivity contribution >= 4 is 97.1 Å². The molecule has 0 N–H and O–H groups in total. The van der Waals surface area contributed by atoms with E-state index in [9.17, 15) is 9.59 Å². The molecule has 0 saturated carbocycles. The number of Topliss-reactive ketones (excluding diaryl/α,β-unsaturated/α-hetero) is 1. The summed E-state index contributed by atoms with van der Waals surface area (Å²) in [6.45, 7) is 4.41. The average Bonchev–Trinajstić information content (AvgIpc) is 3.45. The SMILES string of the molecule is CCCCCCCCCCCCOC(=O)c1c2c[c]([Sn]([CH3])([CH3])[CH3])sc2c(C(C)=O)c2c[c]([Sn]([CH3])([CH3])[CH3])sc12. The van der Waals surface area contributed by atoms with Gasteiger partial charge in [-0.25, -0.2) is 0 Å². The quantitative estimate of drug-likeness (QED) is 0.0670. The van der Waals surface area contributed by atoms with E-state index in [1.165, 1.54) is 57.2 Å². The van der Waals surface area contributed by atoms with Crippen molar-refractivity contribution in [2.75, 3.05) is 6.61 Å². The summed E-state index contributed by atoms with van der Waals surface area (Å²) in [6.07, 6.45) is 12.6. The molecule has 0 radical (unpaired) electrons. The molecule has 1 aromatic carbocycles. The summed E-state index contributed by atoms with van der Waals surface area (Å²) in [6, 6.07) is 4.48. The number of ether oxygens (including phenoxy) is 1. The van der Waals surface area contributed by atoms with E-state index in [0.717, 1.165) is 38.6 Å². The van der Waals surface area contributed by atoms with Crippen molar-refractivity contribution in [3.8, 4) is 0 Å². The Morgan fingerprint density at radius 3 is 1.55 bits per heavy atom. The van der Waals surface area contributed by atoms with E-state index in [-0.39, 0.29) is 11.8 Å². The number of rotatable bonds is 15. The van der Waals surface area contributed by atoms with Crippen molar-refractivity contribution in [3.63, 3.8) is 0 Å². The molecule has 3 nitrogen and oxygen atoms in total. The number of carbonyl (C=O) groups excluding carboxylic acids is 2. The van der Waals surface area contributed by atoms with Gasteiger partial charge < -0.3 is 0 Å². The molecule has 0 aliphatic heterocycles. The average molecular weight is 770 g/mol. The molecule has 0 aliphatic carbocycles. The third-order valence-corrected chi connectivity index (χ3v) is 28.4. The zero-order valence-corrected chi connectivity index (χ0v) is 32.3. The fourth-order valence-corrected chi connectivity index (χ4v) is 17.8. The molecule has 7 heteroatoms. The van der Waals surface area contributed by atoms with Gasteiger partial charge in [-0.3, -0.25) is 0 Å². The summed E-state index contributed by atoms with van der Waals surface area (Å²) >= 11 is -1.33. The zero-order chi connectivity index (χ0) is 28.1. The molecular formula is C31H48O3S2Sn2. The van der Waals surface area contributed by atoms with Gasteiger partial charge in [0.2, 0.25) is 0 Å². The molecule has 3 aromatic rings. The van der Waals surface area contributed by atoms with Crippen LogP contribution in [0.2, 0.25) is 29.6 Å². The monoisotopic (exact) mass is 772 g/mol. The second-order valence-electron chi connectivity index (χ2n) is 12.8. The van der Waals surface area contributed by atoms with Gasteiger partial charge in [0, 0.05) is 0 Å². The van der Waals surface area contributed by atoms with Crippen molar-refractivity contribution in [1.82, 2.24) is 0 Å². The Hall–Kier alpha value is -0.123. The third kappa shape index (κ3) is 8.22. The molecule has 0 amide bonds. The summed E-state index contributed by atoms with van der Waals surface area (Å²) in [7, 11) is 0. The Balaban J connectivity index is 1.82. The molecule has 0 atom stereocenters. The van der Waals surface area contributed by atoms with Gasteiger partial charge in [-0.05, 0) is 0 Å². The van der Waals surface area contributed by atoms with Crippen LogP contribution in [0.5, 0.6) is 0 Å². The summed E-state index contributed by atoms with van der Waals surface area (Å²) < 4.78 is 10.7. The van der Waals surface area contributed by atoms with Crippen LogP contribution >= 0.6 is 22.7 Å². The number of ketones is 1. The van der Waals surface area contributed by atoms with Crippen molar-refractivity contribution in [2.45, 2.75) is 108 Å². The number of hydrogen-bond donors (Lipinski definition) is 0. The van der Waals surface area contributed by atoms with Crippen LogP contribution in [0.3, 0.4) is 0 Å². The van der Waals surface area contributed by atoms with Crippen LogP contribution in [0.4, 0.5) is 0 Å². The standard InChI is InChI=1S/C25H30O3S2.6CH3.2Sn/c1-3-4-5-6-7-8-9-10-11-12-15-28-25(27)22-20-14-17-29-23(20)21(18(2)26)19-13-16-30-24(19)22;;;;;;;;/h13-14H,3-12,15H2,1-2H3;6*1H3;;. The summed E-state index contributed by atoms with van der Waals surface area (Å²) in [5.74, 6) is -0.117. The Bertz CT molecular complexity index is 1190. The first-order chi connectivity index (χ1) is 17.9. The minimum absolute atomic E-state index is 0.0937. The van der Waals surface area contributed by atoms with Gasteiger partial charge in [0.15, 0.2) is 0 Å². The van der Waals surface area contributed by atoms with E-state index in [1.807, 2.05) is 0 Å². The number of esters is 1. The topological polar surface area (TPSA) is 43.4 Å². The third-order valence-electron chi connectivity index (χ3n) is 7.22. The van der Waals surface area contributed by atoms with Crippen LogP contribution in [0.1, 0.15) is 98.8 Å². The molecule has 2 heterocycles. The summed E-state index contributed by atoms with van der Waals surface area (Å²) in [5, 5.41) is 1.92. The van der Waals surface area contributed by atoms with Crippen LogP contribution < -0.4 is 5.79 Å². The van der Waals surface area contributed by atoms with Crippen molar-refractivity contribution < 1.29 is 14.3 Å². The molecule has 2 aromatic heterocycles. The maximum absolute atomic E-state index is 13.7. The number of unbranched alkanes of at least 4 members (excludes halogenated alkanes) is 9. The van der Waals surface area contributed by atoms with E-state index in [2.05, 4.69) is 48.7 Å². The normalized spacial score (nSPS) is 12.5. The predicted octanol–water partition coefficient (Wildman–Crippen LogP) is 9.49. The van der Waals surface area contributed by atoms with Gasteiger partial charge in [-0.2, -0.15) is 0 Å². The molecule has 210 valence electrons. The number of hydrogen-bond acceptors (Lipinski definition) is 5. The maximum atomic E-state index is 13.7. The Morgan fingerprint density at radius 1 is 0.684 bits per heavy atom. The van der Waals surface area contributed by atoms with E-state index in [1.54, 1.807) is 29.6 Å². The molecule has 0 unspecified atom stereocenters. The Labute approximate surface area is 246 Å². The first kappa shape index (κ1) is 32.4. The van der Waals surface area contributed by atoms with Crippen LogP contribution in [0.25, 0.3) is 20.2 Å². The minimum atomic E-state index is -2.41. The van der Waals surface area contributed by atoms with E-state index in [4.69, 9.17) is 4.74 Å². The molecule has 0 spiro atoms. The Morgan fingerprint density at radius 2 is 1.11 bits per heavy atom. The van der Waals surface area contributed by atoms with E-state index < -0.39 is 36.8 Å². The molecule has 0 fully saturated rings. The van der Waals surface area contributed by atoms with Gasteiger partial charge in [0.25, 0.3) is 0 Å². The Kier molecular flexibility index (Phi) is 12.1. The van der Waals surface area contributed by atoms with Crippen LogP contribution in [-0.4, -0.2) is 55.1 Å². The first-order valence-corrected chi connectivity index (χ1v) is 36.2. The fraction of sp³-hybridized carbons (Fsp3) is 0.613. The fourth-order valence-electron chi connectivity index (χ4n) is 4.89. The molecule has 38 heavy (non-hydrogen) atoms. The van der Waals surface area contributed by atoms with Crippen LogP contribution in [0, 0.1) is 0 Å². The van der Waals surface area contributed by atoms with E-state index in [0.29, 0.717) is 12.2 Å².